The van der Waals surface area contributed by atoms with Crippen LogP contribution < -0.4 is 0 Å². The SMILES string of the molecule is CCc1nnc(S/C(=C\c2cn(Cc3ccc([N+](=O)[O-])cc3)c3ccccc23)C(=O)O)o1. The molecular formula is C22H18N4O5S. The maximum Gasteiger partial charge on any atom is 0.342 e. The minimum atomic E-state index is -1.10. The van der Waals surface area contributed by atoms with Gasteiger partial charge in [0.15, 0.2) is 0 Å². The fourth-order valence-electron chi connectivity index (χ4n) is 3.23. The van der Waals surface area contributed by atoms with Crippen LogP contribution in [0.1, 0.15) is 23.9 Å². The summed E-state index contributed by atoms with van der Waals surface area (Å²) in [6.45, 7) is 2.35. The number of aliphatic carboxylic acids is 1. The van der Waals surface area contributed by atoms with Crippen molar-refractivity contribution in [1.82, 2.24) is 14.8 Å². The third kappa shape index (κ3) is 4.54. The molecule has 0 spiro atoms. The monoisotopic (exact) mass is 450 g/mol. The van der Waals surface area contributed by atoms with Gasteiger partial charge < -0.3 is 14.1 Å². The highest BCUT2D eigenvalue weighted by molar-refractivity contribution is 8.03. The maximum atomic E-state index is 11.9. The third-order valence-electron chi connectivity index (χ3n) is 4.76. The molecule has 0 aliphatic carbocycles. The zero-order valence-corrected chi connectivity index (χ0v) is 17.8. The van der Waals surface area contributed by atoms with Gasteiger partial charge in [-0.1, -0.05) is 37.3 Å². The van der Waals surface area contributed by atoms with Crippen LogP contribution in [0.4, 0.5) is 5.69 Å². The summed E-state index contributed by atoms with van der Waals surface area (Å²) in [6, 6.07) is 14.0. The van der Waals surface area contributed by atoms with E-state index in [1.807, 2.05) is 42.0 Å². The lowest BCUT2D eigenvalue weighted by molar-refractivity contribution is -0.384. The number of carboxylic acids is 1. The number of aromatic nitrogens is 3. The zero-order valence-electron chi connectivity index (χ0n) is 17.0. The number of hydrogen-bond donors (Lipinski definition) is 1. The molecule has 0 aliphatic rings. The molecule has 0 atom stereocenters. The minimum Gasteiger partial charge on any atom is -0.477 e. The van der Waals surface area contributed by atoms with Gasteiger partial charge in [-0.25, -0.2) is 4.79 Å². The Balaban J connectivity index is 1.69. The second-order valence-electron chi connectivity index (χ2n) is 6.88. The predicted octanol–water partition coefficient (Wildman–Crippen LogP) is 4.76. The number of fused-ring (bicyclic) bond motifs is 1. The Morgan fingerprint density at radius 1 is 1.22 bits per heavy atom. The normalized spacial score (nSPS) is 11.7. The van der Waals surface area contributed by atoms with E-state index in [4.69, 9.17) is 4.42 Å². The highest BCUT2D eigenvalue weighted by atomic mass is 32.2. The molecule has 1 N–H and O–H groups in total. The first-order chi connectivity index (χ1) is 15.4. The Hall–Kier alpha value is -3.92. The quantitative estimate of drug-likeness (QED) is 0.176. The van der Waals surface area contributed by atoms with E-state index in [1.54, 1.807) is 18.2 Å². The smallest absolute Gasteiger partial charge is 0.342 e. The fraction of sp³-hybridized carbons (Fsp3) is 0.136. The van der Waals surface area contributed by atoms with E-state index < -0.39 is 10.9 Å². The number of carbonyl (C=O) groups is 1. The van der Waals surface area contributed by atoms with Crippen molar-refractivity contribution in [2.75, 3.05) is 0 Å². The van der Waals surface area contributed by atoms with Crippen LogP contribution in [-0.4, -0.2) is 30.8 Å². The van der Waals surface area contributed by atoms with E-state index in [0.29, 0.717) is 18.9 Å². The van der Waals surface area contributed by atoms with Gasteiger partial charge >= 0.3 is 5.97 Å². The molecule has 9 nitrogen and oxygen atoms in total. The molecule has 0 unspecified atom stereocenters. The highest BCUT2D eigenvalue weighted by Gasteiger charge is 2.17. The molecular weight excluding hydrogens is 432 g/mol. The van der Waals surface area contributed by atoms with Gasteiger partial charge in [0.1, 0.15) is 4.91 Å². The number of nitro benzene ring substituents is 1. The lowest BCUT2D eigenvalue weighted by Crippen LogP contribution is -1.98. The van der Waals surface area contributed by atoms with Crippen molar-refractivity contribution in [2.45, 2.75) is 25.1 Å². The highest BCUT2D eigenvalue weighted by Crippen LogP contribution is 2.31. The van der Waals surface area contributed by atoms with Crippen molar-refractivity contribution in [3.8, 4) is 0 Å². The molecule has 2 aromatic carbocycles. The number of aryl methyl sites for hydroxylation is 1. The minimum absolute atomic E-state index is 0.0325. The van der Waals surface area contributed by atoms with Gasteiger partial charge in [0, 0.05) is 47.8 Å². The Kier molecular flexibility index (Phi) is 6.04. The van der Waals surface area contributed by atoms with E-state index in [2.05, 4.69) is 10.2 Å². The number of nitro groups is 1. The van der Waals surface area contributed by atoms with Crippen LogP contribution in [0.25, 0.3) is 17.0 Å². The summed E-state index contributed by atoms with van der Waals surface area (Å²) < 4.78 is 7.41. The molecule has 2 heterocycles. The Morgan fingerprint density at radius 2 is 1.97 bits per heavy atom. The predicted molar refractivity (Wildman–Crippen MR) is 119 cm³/mol. The molecule has 32 heavy (non-hydrogen) atoms. The van der Waals surface area contributed by atoms with Crippen molar-refractivity contribution >= 4 is 40.4 Å². The molecule has 4 rings (SSSR count). The van der Waals surface area contributed by atoms with Gasteiger partial charge in [0.05, 0.1) is 4.92 Å². The molecule has 0 amide bonds. The van der Waals surface area contributed by atoms with Crippen LogP contribution >= 0.6 is 11.8 Å². The van der Waals surface area contributed by atoms with Crippen molar-refractivity contribution in [2.24, 2.45) is 0 Å². The van der Waals surface area contributed by atoms with Crippen LogP contribution in [0.2, 0.25) is 0 Å². The summed E-state index contributed by atoms with van der Waals surface area (Å²) in [4.78, 5) is 22.4. The van der Waals surface area contributed by atoms with Crippen LogP contribution in [0.15, 0.2) is 69.3 Å². The van der Waals surface area contributed by atoms with Gasteiger partial charge in [0.25, 0.3) is 10.9 Å². The zero-order chi connectivity index (χ0) is 22.7. The van der Waals surface area contributed by atoms with Gasteiger partial charge in [-0.15, -0.1) is 10.2 Å². The van der Waals surface area contributed by atoms with E-state index in [-0.39, 0.29) is 15.8 Å². The molecule has 2 aromatic heterocycles. The fourth-order valence-corrected chi connectivity index (χ4v) is 3.91. The summed E-state index contributed by atoms with van der Waals surface area (Å²) in [7, 11) is 0. The molecule has 10 heteroatoms. The summed E-state index contributed by atoms with van der Waals surface area (Å²) in [5.74, 6) is -0.657. The summed E-state index contributed by atoms with van der Waals surface area (Å²) in [5.41, 5.74) is 2.56. The molecule has 4 aromatic rings. The van der Waals surface area contributed by atoms with Crippen molar-refractivity contribution in [1.29, 1.82) is 0 Å². The van der Waals surface area contributed by atoms with E-state index in [0.717, 1.165) is 33.8 Å². The van der Waals surface area contributed by atoms with Crippen molar-refractivity contribution in [3.05, 3.63) is 86.8 Å². The Bertz CT molecular complexity index is 1320. The van der Waals surface area contributed by atoms with E-state index in [9.17, 15) is 20.0 Å². The number of rotatable bonds is 8. The number of para-hydroxylation sites is 1. The number of benzene rings is 2. The van der Waals surface area contributed by atoms with Crippen molar-refractivity contribution in [3.63, 3.8) is 0 Å². The number of thioether (sulfide) groups is 1. The van der Waals surface area contributed by atoms with Gasteiger partial charge in [-0.2, -0.15) is 0 Å². The average molecular weight is 450 g/mol. The topological polar surface area (TPSA) is 124 Å². The molecule has 162 valence electrons. The molecule has 0 saturated heterocycles. The van der Waals surface area contributed by atoms with Crippen LogP contribution in [0.5, 0.6) is 0 Å². The van der Waals surface area contributed by atoms with E-state index in [1.165, 1.54) is 12.1 Å². The van der Waals surface area contributed by atoms with Crippen LogP contribution in [0, 0.1) is 10.1 Å². The average Bonchev–Trinajstić information content (AvgIpc) is 3.38. The molecule has 0 saturated carbocycles. The molecule has 0 bridgehead atoms. The van der Waals surface area contributed by atoms with Gasteiger partial charge in [-0.3, -0.25) is 10.1 Å². The summed E-state index contributed by atoms with van der Waals surface area (Å²) in [6.07, 6.45) is 4.01. The number of carboxylic acid groups (broad SMARTS) is 1. The van der Waals surface area contributed by atoms with Gasteiger partial charge in [-0.05, 0) is 29.5 Å². The second kappa shape index (κ2) is 9.06. The lowest BCUT2D eigenvalue weighted by atomic mass is 10.1. The van der Waals surface area contributed by atoms with Gasteiger partial charge in [0.2, 0.25) is 5.89 Å². The Morgan fingerprint density at radius 3 is 2.62 bits per heavy atom. The number of non-ortho nitro benzene ring substituents is 1. The largest absolute Gasteiger partial charge is 0.477 e. The first kappa shape index (κ1) is 21.3. The standard InChI is InChI=1S/C22H18N4O5S/c1-2-20-23-24-22(31-20)32-19(21(27)28)11-15-13-25(18-6-4-3-5-17(15)18)12-14-7-9-16(10-8-14)26(29)30/h3-11,13H,2,12H2,1H3,(H,27,28)/b19-11-. The molecule has 0 aliphatic heterocycles. The maximum absolute atomic E-state index is 11.9. The third-order valence-corrected chi connectivity index (χ3v) is 5.62. The number of nitrogens with zero attached hydrogens (tertiary/aromatic N) is 4. The lowest BCUT2D eigenvalue weighted by Gasteiger charge is -2.05. The molecule has 0 radical (unpaired) electrons. The van der Waals surface area contributed by atoms with Crippen molar-refractivity contribution < 1.29 is 19.2 Å². The first-order valence-electron chi connectivity index (χ1n) is 9.71. The molecule has 0 fully saturated rings. The summed E-state index contributed by atoms with van der Waals surface area (Å²) in [5, 5.41) is 29.4. The van der Waals surface area contributed by atoms with E-state index >= 15 is 0 Å². The number of hydrogen-bond acceptors (Lipinski definition) is 7. The summed E-state index contributed by atoms with van der Waals surface area (Å²) >= 11 is 0.902. The van der Waals surface area contributed by atoms with Crippen LogP contribution in [-0.2, 0) is 17.8 Å². The first-order valence-corrected chi connectivity index (χ1v) is 10.5. The van der Waals surface area contributed by atoms with Crippen LogP contribution in [0.3, 0.4) is 0 Å². The Labute approximate surface area is 186 Å². The second-order valence-corrected chi connectivity index (χ2v) is 7.88.